The van der Waals surface area contributed by atoms with Crippen molar-refractivity contribution >= 4 is 31.4 Å². The van der Waals surface area contributed by atoms with Gasteiger partial charge in [-0.15, -0.1) is 0 Å². The van der Waals surface area contributed by atoms with E-state index in [-0.39, 0.29) is 11.1 Å². The van der Waals surface area contributed by atoms with E-state index >= 15 is 0 Å². The molecule has 0 radical (unpaired) electrons. The van der Waals surface area contributed by atoms with Crippen LogP contribution in [0.3, 0.4) is 0 Å². The number of carbonyl (C=O) groups is 1. The fourth-order valence-corrected chi connectivity index (χ4v) is 2.79. The fraction of sp³-hybridized carbons (Fsp3) is 0.417. The molecule has 7 nitrogen and oxygen atoms in total. The van der Waals surface area contributed by atoms with Gasteiger partial charge in [0.2, 0.25) is 0 Å². The molecule has 9 heteroatoms. The third-order valence-corrected chi connectivity index (χ3v) is 3.89. The van der Waals surface area contributed by atoms with Crippen LogP contribution in [-0.4, -0.2) is 24.9 Å². The number of hydrogen-bond donors (Lipinski definition) is 0. The zero-order valence-corrected chi connectivity index (χ0v) is 13.4. The van der Waals surface area contributed by atoms with Crippen molar-refractivity contribution in [1.29, 1.82) is 0 Å². The summed E-state index contributed by atoms with van der Waals surface area (Å²) in [5.74, 6) is -0.856. The van der Waals surface area contributed by atoms with Crippen LogP contribution in [0.1, 0.15) is 36.7 Å². The molecule has 0 aliphatic carbocycles. The number of nitro benzene ring substituents is 1. The Kier molecular flexibility index (Phi) is 4.64. The van der Waals surface area contributed by atoms with Gasteiger partial charge in [-0.2, -0.15) is 0 Å². The number of carbonyl (C=O) groups excluding carboxylic acids is 1. The number of ether oxygens (including phenoxy) is 1. The van der Waals surface area contributed by atoms with E-state index in [9.17, 15) is 23.3 Å². The summed E-state index contributed by atoms with van der Waals surface area (Å²) in [5.41, 5.74) is -1.59. The molecule has 0 heterocycles. The first kappa shape index (κ1) is 17.4. The quantitative estimate of drug-likeness (QED) is 0.364. The van der Waals surface area contributed by atoms with Crippen LogP contribution in [0.15, 0.2) is 17.0 Å². The molecule has 0 aromatic heterocycles. The van der Waals surface area contributed by atoms with Crippen LogP contribution in [0, 0.1) is 17.0 Å². The molecule has 0 saturated carbocycles. The minimum absolute atomic E-state index is 0.00449. The van der Waals surface area contributed by atoms with Crippen LogP contribution in [0.25, 0.3) is 0 Å². The zero-order chi connectivity index (χ0) is 16.6. The van der Waals surface area contributed by atoms with Gasteiger partial charge in [0.15, 0.2) is 0 Å². The van der Waals surface area contributed by atoms with Crippen LogP contribution >= 0.6 is 10.7 Å². The Morgan fingerprint density at radius 1 is 1.33 bits per heavy atom. The van der Waals surface area contributed by atoms with Gasteiger partial charge in [-0.3, -0.25) is 10.1 Å². The van der Waals surface area contributed by atoms with Crippen LogP contribution < -0.4 is 0 Å². The summed E-state index contributed by atoms with van der Waals surface area (Å²) in [6.45, 7) is 6.20. The van der Waals surface area contributed by atoms with E-state index in [0.29, 0.717) is 0 Å². The number of esters is 1. The summed E-state index contributed by atoms with van der Waals surface area (Å²) in [6.07, 6.45) is 0. The van der Waals surface area contributed by atoms with Gasteiger partial charge >= 0.3 is 5.97 Å². The van der Waals surface area contributed by atoms with E-state index in [4.69, 9.17) is 15.4 Å². The van der Waals surface area contributed by atoms with Crippen LogP contribution in [0.2, 0.25) is 0 Å². The van der Waals surface area contributed by atoms with Crippen molar-refractivity contribution in [2.75, 3.05) is 0 Å². The highest BCUT2D eigenvalue weighted by molar-refractivity contribution is 8.13. The van der Waals surface area contributed by atoms with Gasteiger partial charge in [-0.05, 0) is 33.3 Å². The normalized spacial score (nSPS) is 12.0. The number of rotatable bonds is 3. The lowest BCUT2D eigenvalue weighted by Crippen LogP contribution is -2.24. The summed E-state index contributed by atoms with van der Waals surface area (Å²) in [7, 11) is 1.02. The average Bonchev–Trinajstić information content (AvgIpc) is 2.24. The smallest absolute Gasteiger partial charge is 0.339 e. The molecule has 116 valence electrons. The number of non-ortho nitro benzene ring substituents is 1. The Labute approximate surface area is 126 Å². The van der Waals surface area contributed by atoms with Crippen molar-refractivity contribution in [2.24, 2.45) is 0 Å². The minimum Gasteiger partial charge on any atom is -0.456 e. The van der Waals surface area contributed by atoms with Crippen molar-refractivity contribution in [3.8, 4) is 0 Å². The highest BCUT2D eigenvalue weighted by atomic mass is 35.7. The Bertz CT molecular complexity index is 705. The van der Waals surface area contributed by atoms with E-state index in [1.165, 1.54) is 6.92 Å². The predicted octanol–water partition coefficient (Wildman–Crippen LogP) is 2.79. The van der Waals surface area contributed by atoms with Gasteiger partial charge in [0.05, 0.1) is 15.4 Å². The van der Waals surface area contributed by atoms with Gasteiger partial charge in [-0.25, -0.2) is 13.2 Å². The first-order valence-electron chi connectivity index (χ1n) is 5.80. The Hall–Kier alpha value is -1.67. The Balaban J connectivity index is 3.55. The summed E-state index contributed by atoms with van der Waals surface area (Å²) < 4.78 is 28.1. The Morgan fingerprint density at radius 2 is 1.86 bits per heavy atom. The molecule has 0 amide bonds. The lowest BCUT2D eigenvalue weighted by molar-refractivity contribution is -0.385. The number of hydrogen-bond acceptors (Lipinski definition) is 6. The van der Waals surface area contributed by atoms with Crippen molar-refractivity contribution in [3.05, 3.63) is 33.4 Å². The first-order chi connectivity index (χ1) is 9.33. The second kappa shape index (κ2) is 5.61. The standard InChI is InChI=1S/C12H14ClNO6S/c1-7-9(11(15)20-12(2,3)4)5-8(14(16)17)6-10(7)21(13,18)19/h5-6H,1-4H3. The molecule has 1 rings (SSSR count). The minimum atomic E-state index is -4.23. The van der Waals surface area contributed by atoms with E-state index in [2.05, 4.69) is 0 Å². The molecular formula is C12H14ClNO6S. The molecule has 1 aromatic carbocycles. The summed E-state index contributed by atoms with van der Waals surface area (Å²) in [5, 5.41) is 10.9. The Morgan fingerprint density at radius 3 is 2.24 bits per heavy atom. The van der Waals surface area contributed by atoms with E-state index in [0.717, 1.165) is 12.1 Å². The topological polar surface area (TPSA) is 104 Å². The molecular weight excluding hydrogens is 322 g/mol. The second-order valence-electron chi connectivity index (χ2n) is 5.31. The highest BCUT2D eigenvalue weighted by Gasteiger charge is 2.27. The zero-order valence-electron chi connectivity index (χ0n) is 11.8. The maximum Gasteiger partial charge on any atom is 0.339 e. The summed E-state index contributed by atoms with van der Waals surface area (Å²) in [6, 6.07) is 1.78. The second-order valence-corrected chi connectivity index (χ2v) is 7.85. The van der Waals surface area contributed by atoms with E-state index in [1.807, 2.05) is 0 Å². The molecule has 0 spiro atoms. The third-order valence-electron chi connectivity index (χ3n) is 2.44. The van der Waals surface area contributed by atoms with Crippen LogP contribution in [-0.2, 0) is 13.8 Å². The third kappa shape index (κ3) is 4.40. The van der Waals surface area contributed by atoms with E-state index in [1.54, 1.807) is 20.8 Å². The maximum absolute atomic E-state index is 12.1. The molecule has 0 atom stereocenters. The highest BCUT2D eigenvalue weighted by Crippen LogP contribution is 2.29. The molecule has 0 fully saturated rings. The molecule has 0 aliphatic rings. The molecule has 0 saturated heterocycles. The van der Waals surface area contributed by atoms with Gasteiger partial charge in [0.1, 0.15) is 5.60 Å². The lowest BCUT2D eigenvalue weighted by Gasteiger charge is -2.20. The van der Waals surface area contributed by atoms with Gasteiger partial charge in [-0.1, -0.05) is 0 Å². The SMILES string of the molecule is Cc1c(C(=O)OC(C)(C)C)cc([N+](=O)[O-])cc1S(=O)(=O)Cl. The molecule has 1 aromatic rings. The largest absolute Gasteiger partial charge is 0.456 e. The number of nitrogens with zero attached hydrogens (tertiary/aromatic N) is 1. The molecule has 0 bridgehead atoms. The first-order valence-corrected chi connectivity index (χ1v) is 8.11. The van der Waals surface area contributed by atoms with Crippen LogP contribution in [0.5, 0.6) is 0 Å². The summed E-state index contributed by atoms with van der Waals surface area (Å²) in [4.78, 5) is 21.6. The fourth-order valence-electron chi connectivity index (χ4n) is 1.58. The van der Waals surface area contributed by atoms with Crippen molar-refractivity contribution in [3.63, 3.8) is 0 Å². The lowest BCUT2D eigenvalue weighted by atomic mass is 10.1. The number of nitro groups is 1. The number of benzene rings is 1. The molecule has 21 heavy (non-hydrogen) atoms. The molecule has 0 aliphatic heterocycles. The molecule has 0 unspecified atom stereocenters. The monoisotopic (exact) mass is 335 g/mol. The predicted molar refractivity (Wildman–Crippen MR) is 76.0 cm³/mol. The molecule has 0 N–H and O–H groups in total. The van der Waals surface area contributed by atoms with Crippen molar-refractivity contribution in [2.45, 2.75) is 38.2 Å². The van der Waals surface area contributed by atoms with Gasteiger partial charge in [0.25, 0.3) is 14.7 Å². The van der Waals surface area contributed by atoms with Crippen LogP contribution in [0.4, 0.5) is 5.69 Å². The van der Waals surface area contributed by atoms with Crippen molar-refractivity contribution < 1.29 is 22.9 Å². The van der Waals surface area contributed by atoms with E-state index < -0.39 is 36.1 Å². The van der Waals surface area contributed by atoms with Gasteiger partial charge in [0, 0.05) is 22.8 Å². The van der Waals surface area contributed by atoms with Crippen molar-refractivity contribution in [1.82, 2.24) is 0 Å². The summed E-state index contributed by atoms with van der Waals surface area (Å²) >= 11 is 0. The number of halogens is 1. The van der Waals surface area contributed by atoms with Gasteiger partial charge < -0.3 is 4.74 Å². The maximum atomic E-state index is 12.1. The average molecular weight is 336 g/mol.